The number of aliphatic hydroxyl groups excluding tert-OH is 1. The summed E-state index contributed by atoms with van der Waals surface area (Å²) in [5, 5.41) is 12.5. The molecule has 1 aromatic carbocycles. The molecule has 2 N–H and O–H groups in total. The van der Waals surface area contributed by atoms with Crippen molar-refractivity contribution in [2.24, 2.45) is 0 Å². The second-order valence-corrected chi connectivity index (χ2v) is 8.22. The van der Waals surface area contributed by atoms with Gasteiger partial charge >= 0.3 is 6.03 Å². The zero-order valence-electron chi connectivity index (χ0n) is 16.6. The minimum absolute atomic E-state index is 0.0303. The predicted molar refractivity (Wildman–Crippen MR) is 112 cm³/mol. The molecule has 30 heavy (non-hydrogen) atoms. The monoisotopic (exact) mass is 433 g/mol. The summed E-state index contributed by atoms with van der Waals surface area (Å²) in [5.74, 6) is 0.149. The molecule has 2 heterocycles. The number of hydrogen-bond donors (Lipinski definition) is 2. The number of aliphatic hydroxyl groups is 1. The summed E-state index contributed by atoms with van der Waals surface area (Å²) >= 11 is 5.80. The van der Waals surface area contributed by atoms with E-state index in [2.05, 4.69) is 20.2 Å². The molecule has 1 saturated heterocycles. The van der Waals surface area contributed by atoms with Crippen LogP contribution in [0.3, 0.4) is 0 Å². The molecule has 1 aromatic heterocycles. The zero-order valence-corrected chi connectivity index (χ0v) is 17.4. The van der Waals surface area contributed by atoms with Crippen molar-refractivity contribution in [1.82, 2.24) is 20.2 Å². The van der Waals surface area contributed by atoms with Gasteiger partial charge in [0, 0.05) is 42.5 Å². The number of benzene rings is 1. The number of nitrogens with zero attached hydrogens (tertiary/aromatic N) is 4. The van der Waals surface area contributed by atoms with E-state index in [1.165, 1.54) is 6.07 Å². The van der Waals surface area contributed by atoms with Crippen LogP contribution in [0.1, 0.15) is 36.9 Å². The highest BCUT2D eigenvalue weighted by Gasteiger charge is 2.39. The first-order valence-corrected chi connectivity index (χ1v) is 10.6. The van der Waals surface area contributed by atoms with Crippen LogP contribution >= 0.6 is 11.6 Å². The third-order valence-corrected chi connectivity index (χ3v) is 5.79. The van der Waals surface area contributed by atoms with Crippen LogP contribution in [0.2, 0.25) is 5.02 Å². The number of carbonyl (C=O) groups excluding carboxylic acids is 1. The number of amides is 2. The van der Waals surface area contributed by atoms with Crippen molar-refractivity contribution in [2.45, 2.75) is 50.9 Å². The molecular weight excluding hydrogens is 409 g/mol. The molecular formula is C21H25ClFN5O2. The van der Waals surface area contributed by atoms with Gasteiger partial charge in [-0.3, -0.25) is 0 Å². The van der Waals surface area contributed by atoms with Gasteiger partial charge in [0.2, 0.25) is 5.95 Å². The zero-order chi connectivity index (χ0) is 21.1. The van der Waals surface area contributed by atoms with Gasteiger partial charge in [-0.05, 0) is 43.9 Å². The van der Waals surface area contributed by atoms with E-state index in [0.29, 0.717) is 28.8 Å². The molecule has 1 aliphatic carbocycles. The van der Waals surface area contributed by atoms with E-state index in [4.69, 9.17) is 11.6 Å². The molecule has 1 aliphatic heterocycles. The summed E-state index contributed by atoms with van der Waals surface area (Å²) in [6, 6.07) is 6.21. The highest BCUT2D eigenvalue weighted by atomic mass is 35.5. The molecule has 0 unspecified atom stereocenters. The van der Waals surface area contributed by atoms with Crippen molar-refractivity contribution in [3.8, 4) is 0 Å². The van der Waals surface area contributed by atoms with Gasteiger partial charge < -0.3 is 20.2 Å². The third kappa shape index (κ3) is 4.82. The lowest BCUT2D eigenvalue weighted by Gasteiger charge is -2.39. The molecule has 4 rings (SSSR count). The molecule has 2 aliphatic rings. The van der Waals surface area contributed by atoms with E-state index in [-0.39, 0.29) is 31.3 Å². The van der Waals surface area contributed by atoms with Crippen LogP contribution in [0.4, 0.5) is 15.1 Å². The lowest BCUT2D eigenvalue weighted by Crippen LogP contribution is -2.54. The highest BCUT2D eigenvalue weighted by Crippen LogP contribution is 2.32. The molecule has 2 aromatic rings. The fourth-order valence-electron chi connectivity index (χ4n) is 3.90. The van der Waals surface area contributed by atoms with Gasteiger partial charge in [0.15, 0.2) is 0 Å². The number of aromatic nitrogens is 2. The molecule has 0 spiro atoms. The number of halogens is 2. The number of urea groups is 1. The Hall–Kier alpha value is -2.45. The van der Waals surface area contributed by atoms with Gasteiger partial charge in [-0.15, -0.1) is 0 Å². The normalized spacial score (nSPS) is 18.9. The second kappa shape index (κ2) is 9.14. The Balaban J connectivity index is 1.43. The van der Waals surface area contributed by atoms with Crippen molar-refractivity contribution in [3.63, 3.8) is 0 Å². The maximum absolute atomic E-state index is 14.0. The Bertz CT molecular complexity index is 911. The molecule has 1 saturated carbocycles. The quantitative estimate of drug-likeness (QED) is 0.731. The number of carbonyl (C=O) groups is 1. The first-order chi connectivity index (χ1) is 14.5. The summed E-state index contributed by atoms with van der Waals surface area (Å²) in [6.07, 6.45) is 5.42. The lowest BCUT2D eigenvalue weighted by molar-refractivity contribution is 0.160. The van der Waals surface area contributed by atoms with E-state index in [0.717, 1.165) is 32.2 Å². The second-order valence-electron chi connectivity index (χ2n) is 7.78. The van der Waals surface area contributed by atoms with Crippen molar-refractivity contribution in [2.75, 3.05) is 18.0 Å². The number of hydrogen-bond acceptors (Lipinski definition) is 5. The van der Waals surface area contributed by atoms with Crippen LogP contribution in [0, 0.1) is 5.82 Å². The molecule has 160 valence electrons. The summed E-state index contributed by atoms with van der Waals surface area (Å²) in [4.78, 5) is 25.7. The Labute approximate surface area is 179 Å². The minimum Gasteiger partial charge on any atom is -0.390 e. The highest BCUT2D eigenvalue weighted by molar-refractivity contribution is 6.30. The predicted octanol–water partition coefficient (Wildman–Crippen LogP) is 3.10. The van der Waals surface area contributed by atoms with E-state index in [9.17, 15) is 14.3 Å². The molecule has 2 amide bonds. The fraction of sp³-hybridized carbons (Fsp3) is 0.476. The number of rotatable bonds is 6. The van der Waals surface area contributed by atoms with Gasteiger partial charge in [-0.2, -0.15) is 0 Å². The van der Waals surface area contributed by atoms with Crippen LogP contribution in [0.15, 0.2) is 30.5 Å². The molecule has 9 heteroatoms. The summed E-state index contributed by atoms with van der Waals surface area (Å²) in [7, 11) is 0. The Morgan fingerprint density at radius 1 is 1.30 bits per heavy atom. The Kier molecular flexibility index (Phi) is 6.34. The smallest absolute Gasteiger partial charge is 0.318 e. The van der Waals surface area contributed by atoms with Crippen LogP contribution in [-0.2, 0) is 13.2 Å². The van der Waals surface area contributed by atoms with Gasteiger partial charge in [0.1, 0.15) is 5.82 Å². The van der Waals surface area contributed by atoms with Crippen molar-refractivity contribution in [3.05, 3.63) is 52.6 Å². The molecule has 7 nitrogen and oxygen atoms in total. The van der Waals surface area contributed by atoms with E-state index in [1.807, 2.05) is 4.90 Å². The molecule has 2 fully saturated rings. The maximum atomic E-state index is 14.0. The Morgan fingerprint density at radius 2 is 2.13 bits per heavy atom. The minimum atomic E-state index is -0.425. The Morgan fingerprint density at radius 3 is 2.87 bits per heavy atom. The van der Waals surface area contributed by atoms with Crippen molar-refractivity contribution < 1.29 is 14.3 Å². The van der Waals surface area contributed by atoms with Crippen molar-refractivity contribution >= 4 is 23.6 Å². The number of anilines is 1. The lowest BCUT2D eigenvalue weighted by atomic mass is 10.0. The first-order valence-electron chi connectivity index (χ1n) is 10.2. The van der Waals surface area contributed by atoms with Crippen LogP contribution in [-0.4, -0.2) is 51.2 Å². The van der Waals surface area contributed by atoms with Crippen LogP contribution < -0.4 is 10.2 Å². The SMILES string of the molecule is O=C(NCc1ccc(Cl)cc1F)N(C1CC1)[C@@H]1CCCN(c2nccc(CO)n2)C1. The molecule has 0 radical (unpaired) electrons. The molecule has 1 atom stereocenters. The summed E-state index contributed by atoms with van der Waals surface area (Å²) < 4.78 is 14.0. The standard InChI is InChI=1S/C21H25ClFN5O2/c22-15-4-3-14(19(23)10-15)11-25-21(30)28(17-5-6-17)18-2-1-9-27(12-18)20-24-8-7-16(13-29)26-20/h3-4,7-8,10,17-18,29H,1-2,5-6,9,11-13H2,(H,25,30)/t18-/m1/s1. The third-order valence-electron chi connectivity index (χ3n) is 5.56. The van der Waals surface area contributed by atoms with Gasteiger partial charge in [0.25, 0.3) is 0 Å². The fourth-order valence-corrected chi connectivity index (χ4v) is 4.06. The summed E-state index contributed by atoms with van der Waals surface area (Å²) in [5.41, 5.74) is 0.979. The maximum Gasteiger partial charge on any atom is 0.318 e. The number of nitrogens with one attached hydrogen (secondary N) is 1. The van der Waals surface area contributed by atoms with E-state index in [1.54, 1.807) is 24.4 Å². The summed E-state index contributed by atoms with van der Waals surface area (Å²) in [6.45, 7) is 1.42. The topological polar surface area (TPSA) is 81.6 Å². The average Bonchev–Trinajstić information content (AvgIpc) is 3.58. The van der Waals surface area contributed by atoms with Gasteiger partial charge in [-0.25, -0.2) is 19.2 Å². The van der Waals surface area contributed by atoms with Crippen LogP contribution in [0.5, 0.6) is 0 Å². The van der Waals surface area contributed by atoms with Crippen LogP contribution in [0.25, 0.3) is 0 Å². The molecule has 0 bridgehead atoms. The van der Waals surface area contributed by atoms with Crippen molar-refractivity contribution in [1.29, 1.82) is 0 Å². The number of piperidine rings is 1. The first kappa shape index (κ1) is 20.8. The largest absolute Gasteiger partial charge is 0.390 e. The average molecular weight is 434 g/mol. The van der Waals surface area contributed by atoms with E-state index < -0.39 is 5.82 Å². The van der Waals surface area contributed by atoms with E-state index >= 15 is 0 Å². The van der Waals surface area contributed by atoms with Gasteiger partial charge in [-0.1, -0.05) is 17.7 Å². The van der Waals surface area contributed by atoms with Gasteiger partial charge in [0.05, 0.1) is 18.3 Å².